The number of nitrogens with zero attached hydrogens (tertiary/aromatic N) is 1. The Kier molecular flexibility index (Phi) is 18.3. The van der Waals surface area contributed by atoms with Crippen LogP contribution in [0.1, 0.15) is 110 Å². The molecule has 0 aromatic heterocycles. The highest BCUT2D eigenvalue weighted by Gasteiger charge is 2.28. The Morgan fingerprint density at radius 3 is 2.00 bits per heavy atom. The van der Waals surface area contributed by atoms with Gasteiger partial charge in [0, 0.05) is 19.5 Å². The minimum Gasteiger partial charge on any atom is -0.481 e. The Morgan fingerprint density at radius 2 is 1.46 bits per heavy atom. The number of unbranched alkanes of at least 4 members (excludes halogenated alkanes) is 10. The number of aliphatic carboxylic acids is 1. The number of morpholine rings is 1. The lowest BCUT2D eigenvalue weighted by atomic mass is 10.0. The fourth-order valence-corrected chi connectivity index (χ4v) is 4.42. The maximum absolute atomic E-state index is 13.0. The van der Waals surface area contributed by atoms with Gasteiger partial charge in [0.1, 0.15) is 12.1 Å². The van der Waals surface area contributed by atoms with Gasteiger partial charge in [-0.25, -0.2) is 9.59 Å². The van der Waals surface area contributed by atoms with E-state index in [1.165, 1.54) is 51.4 Å². The van der Waals surface area contributed by atoms with Crippen molar-refractivity contribution >= 4 is 23.9 Å². The van der Waals surface area contributed by atoms with Gasteiger partial charge >= 0.3 is 18.0 Å². The number of ether oxygens (including phenoxy) is 2. The van der Waals surface area contributed by atoms with Crippen molar-refractivity contribution < 1.29 is 33.8 Å². The third-order valence-electron chi connectivity index (χ3n) is 6.61. The third-order valence-corrected chi connectivity index (χ3v) is 6.61. The summed E-state index contributed by atoms with van der Waals surface area (Å²) in [5.74, 6) is -2.20. The topological polar surface area (TPSA) is 148 Å². The predicted octanol–water partition coefficient (Wildman–Crippen LogP) is 4.14. The smallest absolute Gasteiger partial charge is 0.328 e. The Morgan fingerprint density at radius 1 is 0.892 bits per heavy atom. The van der Waals surface area contributed by atoms with Gasteiger partial charge in [0.25, 0.3) is 0 Å². The van der Waals surface area contributed by atoms with Crippen LogP contribution in [0.4, 0.5) is 4.79 Å². The quantitative estimate of drug-likeness (QED) is 0.150. The number of urea groups is 1. The molecule has 1 aliphatic heterocycles. The second kappa shape index (κ2) is 20.7. The molecule has 0 aliphatic carbocycles. The van der Waals surface area contributed by atoms with E-state index in [9.17, 15) is 19.2 Å². The predicted molar refractivity (Wildman–Crippen MR) is 141 cm³/mol. The number of carbonyl (C=O) groups excluding carboxylic acids is 3. The lowest BCUT2D eigenvalue weighted by molar-refractivity contribution is -0.153. The molecule has 4 N–H and O–H groups in total. The number of nitrogens with two attached hydrogens (primary N) is 1. The molecule has 0 spiro atoms. The van der Waals surface area contributed by atoms with Crippen LogP contribution in [-0.4, -0.2) is 72.3 Å². The Balaban J connectivity index is 2.49. The first-order valence-corrected chi connectivity index (χ1v) is 14.2. The molecule has 0 bridgehead atoms. The molecule has 37 heavy (non-hydrogen) atoms. The van der Waals surface area contributed by atoms with Gasteiger partial charge in [0.05, 0.1) is 19.6 Å². The average Bonchev–Trinajstić information content (AvgIpc) is 2.86. The zero-order valence-corrected chi connectivity index (χ0v) is 22.7. The van der Waals surface area contributed by atoms with Crippen molar-refractivity contribution in [2.24, 2.45) is 5.73 Å². The molecule has 1 heterocycles. The van der Waals surface area contributed by atoms with Crippen molar-refractivity contribution in [2.45, 2.75) is 122 Å². The molecule has 0 saturated carbocycles. The molecule has 10 heteroatoms. The first-order valence-electron chi connectivity index (χ1n) is 14.2. The fourth-order valence-electron chi connectivity index (χ4n) is 4.42. The maximum Gasteiger partial charge on any atom is 0.328 e. The Hall–Kier alpha value is -2.36. The number of amides is 3. The van der Waals surface area contributed by atoms with Crippen LogP contribution in [-0.2, 0) is 23.9 Å². The van der Waals surface area contributed by atoms with Gasteiger partial charge in [-0.15, -0.1) is 0 Å². The zero-order valence-electron chi connectivity index (χ0n) is 22.7. The summed E-state index contributed by atoms with van der Waals surface area (Å²) in [6.07, 6.45) is 13.1. The lowest BCUT2D eigenvalue weighted by Crippen LogP contribution is -2.52. The van der Waals surface area contributed by atoms with E-state index < -0.39 is 36.0 Å². The van der Waals surface area contributed by atoms with Gasteiger partial charge in [-0.05, 0) is 25.7 Å². The van der Waals surface area contributed by atoms with Crippen molar-refractivity contribution in [3.8, 4) is 0 Å². The maximum atomic E-state index is 13.0. The molecule has 0 aromatic carbocycles. The Bertz CT molecular complexity index is 668. The minimum absolute atomic E-state index is 0.0806. The lowest BCUT2D eigenvalue weighted by Gasteiger charge is -2.29. The number of hydrogen-bond acceptors (Lipinski definition) is 6. The van der Waals surface area contributed by atoms with Crippen molar-refractivity contribution in [2.75, 3.05) is 26.3 Å². The number of hydrogen-bond donors (Lipinski definition) is 3. The molecule has 3 amide bonds. The summed E-state index contributed by atoms with van der Waals surface area (Å²) in [4.78, 5) is 49.6. The van der Waals surface area contributed by atoms with E-state index in [2.05, 4.69) is 12.2 Å². The number of nitrogens with one attached hydrogen (secondary N) is 1. The van der Waals surface area contributed by atoms with Crippen LogP contribution in [0.25, 0.3) is 0 Å². The molecule has 214 valence electrons. The second-order valence-corrected chi connectivity index (χ2v) is 9.94. The molecule has 2 atom stereocenters. The van der Waals surface area contributed by atoms with Crippen LogP contribution in [0.3, 0.4) is 0 Å². The summed E-state index contributed by atoms with van der Waals surface area (Å²) >= 11 is 0. The second-order valence-electron chi connectivity index (χ2n) is 9.94. The first kappa shape index (κ1) is 32.7. The van der Waals surface area contributed by atoms with Gasteiger partial charge in [-0.3, -0.25) is 9.59 Å². The van der Waals surface area contributed by atoms with Gasteiger partial charge in [-0.2, -0.15) is 0 Å². The highest BCUT2D eigenvalue weighted by Crippen LogP contribution is 2.16. The van der Waals surface area contributed by atoms with Crippen molar-refractivity contribution in [3.05, 3.63) is 0 Å². The zero-order chi connectivity index (χ0) is 27.3. The first-order chi connectivity index (χ1) is 17.8. The van der Waals surface area contributed by atoms with E-state index in [1.807, 2.05) is 0 Å². The van der Waals surface area contributed by atoms with Crippen LogP contribution in [0.15, 0.2) is 0 Å². The van der Waals surface area contributed by atoms with Gasteiger partial charge < -0.3 is 30.5 Å². The summed E-state index contributed by atoms with van der Waals surface area (Å²) in [7, 11) is 0. The number of rotatable bonds is 21. The van der Waals surface area contributed by atoms with Crippen LogP contribution in [0, 0.1) is 0 Å². The largest absolute Gasteiger partial charge is 0.481 e. The average molecular weight is 528 g/mol. The number of carboxylic acid groups (broad SMARTS) is 1. The van der Waals surface area contributed by atoms with Crippen molar-refractivity contribution in [1.29, 1.82) is 0 Å². The van der Waals surface area contributed by atoms with Crippen molar-refractivity contribution in [1.82, 2.24) is 10.2 Å². The molecule has 0 radical (unpaired) electrons. The van der Waals surface area contributed by atoms with Crippen LogP contribution in [0.5, 0.6) is 0 Å². The molecule has 1 saturated heterocycles. The Labute approximate surface area is 222 Å². The van der Waals surface area contributed by atoms with E-state index in [0.717, 1.165) is 19.3 Å². The molecule has 10 nitrogen and oxygen atoms in total. The normalized spacial score (nSPS) is 15.1. The molecule has 1 fully saturated rings. The number of carbonyl (C=O) groups is 4. The molecule has 1 aliphatic rings. The van der Waals surface area contributed by atoms with Gasteiger partial charge in [0.2, 0.25) is 5.91 Å². The summed E-state index contributed by atoms with van der Waals surface area (Å²) in [6.45, 7) is 3.88. The fraction of sp³-hybridized carbons (Fsp3) is 0.852. The van der Waals surface area contributed by atoms with E-state index >= 15 is 0 Å². The standard InChI is InChI=1S/C27H49N3O7/c1-2-3-4-5-6-7-8-9-10-11-12-14-22(21-24(28)31)37-26(34)23(15-13-16-25(32)33)29-27(35)30-17-19-36-20-18-30/h22-23H,2-21H2,1H3,(H2,28,31)(H,29,35)(H,32,33)/t22-,23-/m0/s1. The highest BCUT2D eigenvalue weighted by atomic mass is 16.5. The molecular weight excluding hydrogens is 478 g/mol. The van der Waals surface area contributed by atoms with Gasteiger partial charge in [0.15, 0.2) is 0 Å². The van der Waals surface area contributed by atoms with E-state index in [1.54, 1.807) is 4.90 Å². The van der Waals surface area contributed by atoms with Crippen LogP contribution >= 0.6 is 0 Å². The summed E-state index contributed by atoms with van der Waals surface area (Å²) in [5.41, 5.74) is 5.38. The highest BCUT2D eigenvalue weighted by molar-refractivity contribution is 5.84. The minimum atomic E-state index is -0.998. The molecule has 0 unspecified atom stereocenters. The SMILES string of the molecule is CCCCCCCCCCCCC[C@@H](CC(N)=O)OC(=O)[C@H](CCCC(=O)O)NC(=O)N1CCOCC1. The number of carboxylic acids is 1. The molecular formula is C27H49N3O7. The summed E-state index contributed by atoms with van der Waals surface area (Å²) in [5, 5.41) is 11.6. The number of esters is 1. The van der Waals surface area contributed by atoms with Crippen molar-refractivity contribution in [3.63, 3.8) is 0 Å². The molecule has 0 aromatic rings. The summed E-state index contributed by atoms with van der Waals surface area (Å²) in [6, 6.07) is -1.42. The van der Waals surface area contributed by atoms with E-state index in [4.69, 9.17) is 20.3 Å². The van der Waals surface area contributed by atoms with Gasteiger partial charge in [-0.1, -0.05) is 71.1 Å². The monoisotopic (exact) mass is 527 g/mol. The van der Waals surface area contributed by atoms with E-state index in [-0.39, 0.29) is 25.7 Å². The number of primary amides is 1. The van der Waals surface area contributed by atoms with Crippen LogP contribution < -0.4 is 11.1 Å². The molecule has 1 rings (SSSR count). The van der Waals surface area contributed by atoms with Crippen LogP contribution in [0.2, 0.25) is 0 Å². The van der Waals surface area contributed by atoms with E-state index in [0.29, 0.717) is 32.7 Å². The third kappa shape index (κ3) is 16.9. The summed E-state index contributed by atoms with van der Waals surface area (Å²) < 4.78 is 10.9.